The lowest BCUT2D eigenvalue weighted by molar-refractivity contribution is -0.151. The quantitative estimate of drug-likeness (QED) is 0.793. The summed E-state index contributed by atoms with van der Waals surface area (Å²) in [7, 11) is 0. The van der Waals surface area contributed by atoms with Crippen LogP contribution in [0.15, 0.2) is 30.4 Å². The van der Waals surface area contributed by atoms with Crippen molar-refractivity contribution >= 4 is 35.1 Å². The molecule has 1 amide bonds. The Bertz CT molecular complexity index is 715. The van der Waals surface area contributed by atoms with Crippen LogP contribution in [0.2, 0.25) is 10.0 Å². The van der Waals surface area contributed by atoms with E-state index in [0.29, 0.717) is 42.5 Å². The van der Waals surface area contributed by atoms with Crippen molar-refractivity contribution in [2.24, 2.45) is 11.8 Å². The molecule has 0 aromatic heterocycles. The molecular weight excluding hydrogens is 375 g/mol. The summed E-state index contributed by atoms with van der Waals surface area (Å²) in [5.74, 6) is -1.98. The Balaban J connectivity index is 1.57. The molecule has 26 heavy (non-hydrogen) atoms. The van der Waals surface area contributed by atoms with Crippen LogP contribution in [0, 0.1) is 11.8 Å². The van der Waals surface area contributed by atoms with E-state index in [9.17, 15) is 14.7 Å². The van der Waals surface area contributed by atoms with E-state index < -0.39 is 17.8 Å². The van der Waals surface area contributed by atoms with Crippen LogP contribution in [0.3, 0.4) is 0 Å². The Morgan fingerprint density at radius 1 is 1.04 bits per heavy atom. The third-order valence-corrected chi connectivity index (χ3v) is 5.75. The monoisotopic (exact) mass is 396 g/mol. The average Bonchev–Trinajstić information content (AvgIpc) is 2.64. The lowest BCUT2D eigenvalue weighted by Gasteiger charge is -2.37. The topological polar surface area (TPSA) is 60.9 Å². The van der Waals surface area contributed by atoms with Gasteiger partial charge in [0.25, 0.3) is 0 Å². The van der Waals surface area contributed by atoms with E-state index in [4.69, 9.17) is 23.2 Å². The fourth-order valence-corrected chi connectivity index (χ4v) is 4.08. The number of carbonyl (C=O) groups excluding carboxylic acids is 1. The molecule has 2 aliphatic rings. The zero-order chi connectivity index (χ0) is 18.7. The van der Waals surface area contributed by atoms with Crippen molar-refractivity contribution in [2.45, 2.75) is 19.4 Å². The smallest absolute Gasteiger partial charge is 0.307 e. The number of hydrogen-bond donors (Lipinski definition) is 1. The molecule has 3 rings (SSSR count). The molecule has 1 aliphatic carbocycles. The molecule has 1 aliphatic heterocycles. The number of nitrogens with zero attached hydrogens (tertiary/aromatic N) is 2. The molecule has 1 aromatic rings. The normalized spacial score (nSPS) is 23.8. The minimum absolute atomic E-state index is 0.0362. The van der Waals surface area contributed by atoms with Crippen LogP contribution >= 0.6 is 23.2 Å². The van der Waals surface area contributed by atoms with Crippen molar-refractivity contribution in [1.29, 1.82) is 0 Å². The van der Waals surface area contributed by atoms with Crippen LogP contribution in [0.25, 0.3) is 0 Å². The van der Waals surface area contributed by atoms with Crippen molar-refractivity contribution in [3.8, 4) is 0 Å². The summed E-state index contributed by atoms with van der Waals surface area (Å²) in [5, 5.41) is 10.6. The summed E-state index contributed by atoms with van der Waals surface area (Å²) in [4.78, 5) is 28.3. The number of halogens is 2. The van der Waals surface area contributed by atoms with Gasteiger partial charge in [0.15, 0.2) is 0 Å². The number of allylic oxidation sites excluding steroid dienone is 2. The third-order valence-electron chi connectivity index (χ3n) is 5.16. The molecule has 7 heteroatoms. The first-order valence-electron chi connectivity index (χ1n) is 8.78. The van der Waals surface area contributed by atoms with Gasteiger partial charge in [0, 0.05) is 42.8 Å². The van der Waals surface area contributed by atoms with Crippen molar-refractivity contribution < 1.29 is 14.7 Å². The summed E-state index contributed by atoms with van der Waals surface area (Å²) in [6, 6.07) is 5.49. The minimum Gasteiger partial charge on any atom is -0.481 e. The number of carboxylic acids is 1. The maximum absolute atomic E-state index is 12.8. The number of amides is 1. The molecule has 2 atom stereocenters. The zero-order valence-corrected chi connectivity index (χ0v) is 15.9. The molecule has 1 heterocycles. The van der Waals surface area contributed by atoms with E-state index in [1.54, 1.807) is 11.0 Å². The molecule has 0 saturated carbocycles. The Hall–Kier alpha value is -1.56. The summed E-state index contributed by atoms with van der Waals surface area (Å²) in [5.41, 5.74) is 1.01. The Morgan fingerprint density at radius 2 is 1.69 bits per heavy atom. The first-order chi connectivity index (χ1) is 12.5. The van der Waals surface area contributed by atoms with Gasteiger partial charge in [-0.15, -0.1) is 0 Å². The molecule has 1 aromatic carbocycles. The molecule has 0 radical (unpaired) electrons. The highest BCUT2D eigenvalue weighted by molar-refractivity contribution is 6.35. The molecular formula is C19H22Cl2N2O3. The Labute approximate surface area is 163 Å². The van der Waals surface area contributed by atoms with Gasteiger partial charge in [0.2, 0.25) is 5.91 Å². The number of benzene rings is 1. The van der Waals surface area contributed by atoms with Crippen LogP contribution in [0.4, 0.5) is 0 Å². The first kappa shape index (κ1) is 19.2. The molecule has 0 spiro atoms. The van der Waals surface area contributed by atoms with Gasteiger partial charge in [-0.05, 0) is 30.5 Å². The Kier molecular flexibility index (Phi) is 6.22. The lowest BCUT2D eigenvalue weighted by atomic mass is 9.82. The van der Waals surface area contributed by atoms with Crippen molar-refractivity contribution in [3.05, 3.63) is 46.0 Å². The molecule has 1 saturated heterocycles. The maximum Gasteiger partial charge on any atom is 0.307 e. The number of piperazine rings is 1. The maximum atomic E-state index is 12.8. The van der Waals surface area contributed by atoms with E-state index in [1.165, 1.54) is 0 Å². The summed E-state index contributed by atoms with van der Waals surface area (Å²) >= 11 is 12.2. The number of rotatable bonds is 4. The summed E-state index contributed by atoms with van der Waals surface area (Å²) in [6.07, 6.45) is 4.72. The molecule has 1 fully saturated rings. The fourth-order valence-electron chi connectivity index (χ4n) is 3.61. The molecule has 0 unspecified atom stereocenters. The first-order valence-corrected chi connectivity index (χ1v) is 9.54. The second kappa shape index (κ2) is 8.42. The highest BCUT2D eigenvalue weighted by Crippen LogP contribution is 2.28. The van der Waals surface area contributed by atoms with Crippen LogP contribution in [-0.4, -0.2) is 53.0 Å². The van der Waals surface area contributed by atoms with Gasteiger partial charge in [-0.2, -0.15) is 0 Å². The van der Waals surface area contributed by atoms with E-state index in [0.717, 1.165) is 18.7 Å². The molecule has 140 valence electrons. The number of carboxylic acid groups (broad SMARTS) is 1. The van der Waals surface area contributed by atoms with Gasteiger partial charge in [-0.1, -0.05) is 41.4 Å². The highest BCUT2D eigenvalue weighted by atomic mass is 35.5. The SMILES string of the molecule is O=C(O)[C@H]1CC=CC[C@H]1C(=O)N1CCN(Cc2ccc(Cl)cc2Cl)CC1. The Morgan fingerprint density at radius 3 is 2.31 bits per heavy atom. The summed E-state index contributed by atoms with van der Waals surface area (Å²) in [6.45, 7) is 3.41. The van der Waals surface area contributed by atoms with Crippen LogP contribution in [-0.2, 0) is 16.1 Å². The summed E-state index contributed by atoms with van der Waals surface area (Å²) < 4.78 is 0. The molecule has 1 N–H and O–H groups in total. The lowest BCUT2D eigenvalue weighted by Crippen LogP contribution is -2.51. The van der Waals surface area contributed by atoms with Gasteiger partial charge in [-0.3, -0.25) is 14.5 Å². The standard InChI is InChI=1S/C19H22Cl2N2O3/c20-14-6-5-13(17(21)11-14)12-22-7-9-23(10-8-22)18(24)15-3-1-2-4-16(15)19(25)26/h1-2,5-6,11,15-16H,3-4,7-10,12H2,(H,25,26)/t15-,16+/m1/s1. The van der Waals surface area contributed by atoms with Gasteiger partial charge in [0.05, 0.1) is 11.8 Å². The van der Waals surface area contributed by atoms with Gasteiger partial charge < -0.3 is 10.0 Å². The highest BCUT2D eigenvalue weighted by Gasteiger charge is 2.37. The molecule has 5 nitrogen and oxygen atoms in total. The van der Waals surface area contributed by atoms with Crippen LogP contribution in [0.1, 0.15) is 18.4 Å². The van der Waals surface area contributed by atoms with Crippen molar-refractivity contribution in [2.75, 3.05) is 26.2 Å². The van der Waals surface area contributed by atoms with Gasteiger partial charge in [-0.25, -0.2) is 0 Å². The fraction of sp³-hybridized carbons (Fsp3) is 0.474. The van der Waals surface area contributed by atoms with Crippen LogP contribution in [0.5, 0.6) is 0 Å². The van der Waals surface area contributed by atoms with E-state index in [2.05, 4.69) is 4.90 Å². The zero-order valence-electron chi connectivity index (χ0n) is 14.4. The van der Waals surface area contributed by atoms with Crippen molar-refractivity contribution in [1.82, 2.24) is 9.80 Å². The van der Waals surface area contributed by atoms with Crippen LogP contribution < -0.4 is 0 Å². The third kappa shape index (κ3) is 4.40. The number of hydrogen-bond acceptors (Lipinski definition) is 3. The number of carbonyl (C=O) groups is 2. The second-order valence-corrected chi connectivity index (χ2v) is 7.67. The van der Waals surface area contributed by atoms with Gasteiger partial charge >= 0.3 is 5.97 Å². The molecule has 0 bridgehead atoms. The minimum atomic E-state index is -0.885. The number of aliphatic carboxylic acids is 1. The van der Waals surface area contributed by atoms with E-state index in [-0.39, 0.29) is 5.91 Å². The largest absolute Gasteiger partial charge is 0.481 e. The predicted molar refractivity (Wildman–Crippen MR) is 101 cm³/mol. The van der Waals surface area contributed by atoms with E-state index in [1.807, 2.05) is 24.3 Å². The van der Waals surface area contributed by atoms with Gasteiger partial charge in [0.1, 0.15) is 0 Å². The van der Waals surface area contributed by atoms with E-state index >= 15 is 0 Å². The second-order valence-electron chi connectivity index (χ2n) is 6.83. The predicted octanol–water partition coefficient (Wildman–Crippen LogP) is 3.30. The van der Waals surface area contributed by atoms with Crippen molar-refractivity contribution in [3.63, 3.8) is 0 Å². The average molecular weight is 397 g/mol.